The van der Waals surface area contributed by atoms with Gasteiger partial charge in [0.25, 0.3) is 11.6 Å². The summed E-state index contributed by atoms with van der Waals surface area (Å²) in [4.78, 5) is 32.7. The van der Waals surface area contributed by atoms with Gasteiger partial charge in [-0.25, -0.2) is 4.98 Å². The van der Waals surface area contributed by atoms with Crippen LogP contribution in [-0.2, 0) is 0 Å². The maximum Gasteiger partial charge on any atom is 0.270 e. The summed E-state index contributed by atoms with van der Waals surface area (Å²) in [7, 11) is 0. The number of halogens is 2. The number of rotatable bonds is 10. The molecule has 0 N–H and O–H groups in total. The maximum absolute atomic E-state index is 13.6. The van der Waals surface area contributed by atoms with Crippen LogP contribution in [0.2, 0.25) is 5.02 Å². The minimum atomic E-state index is -0.542. The van der Waals surface area contributed by atoms with Crippen molar-refractivity contribution in [3.8, 4) is 5.75 Å². The van der Waals surface area contributed by atoms with Crippen molar-refractivity contribution in [2.75, 3.05) is 37.7 Å². The first-order chi connectivity index (χ1) is 15.4. The molecular weight excluding hydrogens is 487 g/mol. The number of fused-ring (bicyclic) bond motifs is 1. The van der Waals surface area contributed by atoms with Gasteiger partial charge in [0.15, 0.2) is 5.13 Å². The van der Waals surface area contributed by atoms with Gasteiger partial charge in [-0.3, -0.25) is 19.8 Å². The van der Waals surface area contributed by atoms with Gasteiger partial charge in [-0.2, -0.15) is 0 Å². The van der Waals surface area contributed by atoms with E-state index in [0.717, 1.165) is 17.8 Å². The molecule has 0 fully saturated rings. The number of nitrogens with zero attached hydrogens (tertiary/aromatic N) is 4. The quantitative estimate of drug-likeness (QED) is 0.257. The Morgan fingerprint density at radius 1 is 1.18 bits per heavy atom. The Morgan fingerprint density at radius 3 is 2.55 bits per heavy atom. The van der Waals surface area contributed by atoms with Crippen LogP contribution < -0.4 is 9.64 Å². The number of nitro benzene ring substituents is 1. The predicted octanol–water partition coefficient (Wildman–Crippen LogP) is 5.67. The second-order valence-electron chi connectivity index (χ2n) is 6.94. The summed E-state index contributed by atoms with van der Waals surface area (Å²) in [5.41, 5.74) is 0.564. The molecular formula is C22H26Cl2N4O4S. The van der Waals surface area contributed by atoms with Crippen molar-refractivity contribution in [1.29, 1.82) is 0 Å². The molecule has 0 aliphatic heterocycles. The molecule has 178 valence electrons. The van der Waals surface area contributed by atoms with Gasteiger partial charge in [-0.15, -0.1) is 12.4 Å². The number of ether oxygens (including phenoxy) is 1. The van der Waals surface area contributed by atoms with Crippen LogP contribution in [-0.4, -0.2) is 53.5 Å². The Kier molecular flexibility index (Phi) is 9.85. The number of benzene rings is 2. The number of para-hydroxylation sites is 1. The van der Waals surface area contributed by atoms with Crippen molar-refractivity contribution in [3.63, 3.8) is 0 Å². The largest absolute Gasteiger partial charge is 0.492 e. The summed E-state index contributed by atoms with van der Waals surface area (Å²) in [6.45, 7) is 9.17. The van der Waals surface area contributed by atoms with E-state index in [1.54, 1.807) is 4.90 Å². The smallest absolute Gasteiger partial charge is 0.270 e. The van der Waals surface area contributed by atoms with Crippen LogP contribution in [0.5, 0.6) is 5.75 Å². The number of amides is 1. The van der Waals surface area contributed by atoms with Gasteiger partial charge in [0.2, 0.25) is 0 Å². The Balaban J connectivity index is 0.00000385. The normalized spacial score (nSPS) is 10.8. The lowest BCUT2D eigenvalue weighted by Gasteiger charge is -2.25. The first kappa shape index (κ1) is 26.8. The summed E-state index contributed by atoms with van der Waals surface area (Å²) in [6, 6.07) is 9.52. The minimum Gasteiger partial charge on any atom is -0.492 e. The van der Waals surface area contributed by atoms with Crippen LogP contribution in [0.1, 0.15) is 31.1 Å². The lowest BCUT2D eigenvalue weighted by Crippen LogP contribution is -2.39. The lowest BCUT2D eigenvalue weighted by atomic mass is 10.1. The summed E-state index contributed by atoms with van der Waals surface area (Å²) in [5.74, 6) is 0.222. The minimum absolute atomic E-state index is 0. The fourth-order valence-corrected chi connectivity index (χ4v) is 4.51. The van der Waals surface area contributed by atoms with E-state index in [-0.39, 0.29) is 28.7 Å². The Bertz CT molecular complexity index is 1120. The highest BCUT2D eigenvalue weighted by molar-refractivity contribution is 7.22. The molecule has 0 saturated heterocycles. The molecule has 8 nitrogen and oxygen atoms in total. The van der Waals surface area contributed by atoms with E-state index >= 15 is 0 Å². The van der Waals surface area contributed by atoms with Crippen molar-refractivity contribution in [1.82, 2.24) is 9.88 Å². The molecule has 33 heavy (non-hydrogen) atoms. The van der Waals surface area contributed by atoms with Gasteiger partial charge in [0.05, 0.1) is 26.8 Å². The van der Waals surface area contributed by atoms with Crippen molar-refractivity contribution in [3.05, 3.63) is 57.1 Å². The Labute approximate surface area is 207 Å². The van der Waals surface area contributed by atoms with Crippen LogP contribution in [0.4, 0.5) is 10.8 Å². The van der Waals surface area contributed by atoms with Crippen LogP contribution >= 0.6 is 35.3 Å². The number of likely N-dealkylation sites (N-methyl/N-ethyl adjacent to an activating group) is 1. The molecule has 0 atom stereocenters. The number of carbonyl (C=O) groups excluding carboxylic acids is 1. The number of hydrogen-bond donors (Lipinski definition) is 0. The zero-order valence-corrected chi connectivity index (χ0v) is 21.0. The summed E-state index contributed by atoms with van der Waals surface area (Å²) in [6.07, 6.45) is 0. The zero-order valence-electron chi connectivity index (χ0n) is 18.6. The second kappa shape index (κ2) is 12.1. The highest BCUT2D eigenvalue weighted by atomic mass is 35.5. The van der Waals surface area contributed by atoms with Gasteiger partial charge < -0.3 is 9.64 Å². The summed E-state index contributed by atoms with van der Waals surface area (Å²) >= 11 is 7.64. The Hall–Kier alpha value is -2.46. The van der Waals surface area contributed by atoms with Crippen molar-refractivity contribution >= 4 is 62.3 Å². The number of nitro groups is 1. The SMILES string of the molecule is CCOc1cccc2sc(N(CCN(CC)CC)C(=O)c3cc([N+](=O)[O-])ccc3Cl)nc12.Cl. The van der Waals surface area contributed by atoms with Crippen molar-refractivity contribution < 1.29 is 14.5 Å². The third-order valence-electron chi connectivity index (χ3n) is 5.07. The van der Waals surface area contributed by atoms with Crippen LogP contribution in [0, 0.1) is 10.1 Å². The Morgan fingerprint density at radius 2 is 1.91 bits per heavy atom. The standard InChI is InChI=1S/C22H25ClN4O4S.ClH/c1-4-25(5-2)12-13-26(21(28)16-14-15(27(29)30)10-11-17(16)23)22-24-20-18(31-6-3)8-7-9-19(20)32-22;/h7-11,14H,4-6,12-13H2,1-3H3;1H. The fraction of sp³-hybridized carbons (Fsp3) is 0.364. The molecule has 0 saturated carbocycles. The molecule has 2 aromatic carbocycles. The van der Waals surface area contributed by atoms with E-state index in [9.17, 15) is 14.9 Å². The number of carbonyl (C=O) groups is 1. The fourth-order valence-electron chi connectivity index (χ4n) is 3.30. The van der Waals surface area contributed by atoms with Crippen molar-refractivity contribution in [2.45, 2.75) is 20.8 Å². The summed E-state index contributed by atoms with van der Waals surface area (Å²) < 4.78 is 6.57. The molecule has 0 bridgehead atoms. The van der Waals surface area contributed by atoms with Crippen molar-refractivity contribution in [2.24, 2.45) is 0 Å². The molecule has 0 aliphatic carbocycles. The molecule has 3 rings (SSSR count). The van der Waals surface area contributed by atoms with E-state index in [1.807, 2.05) is 25.1 Å². The number of non-ortho nitro benzene ring substituents is 1. The number of anilines is 1. The molecule has 0 unspecified atom stereocenters. The maximum atomic E-state index is 13.6. The first-order valence-electron chi connectivity index (χ1n) is 10.4. The highest BCUT2D eigenvalue weighted by Crippen LogP contribution is 2.35. The number of aromatic nitrogens is 1. The molecule has 1 amide bonds. The molecule has 1 heterocycles. The predicted molar refractivity (Wildman–Crippen MR) is 136 cm³/mol. The molecule has 0 aliphatic rings. The van der Waals surface area contributed by atoms with Crippen LogP contribution in [0.3, 0.4) is 0 Å². The number of thiazole rings is 1. The summed E-state index contributed by atoms with van der Waals surface area (Å²) in [5, 5.41) is 11.9. The second-order valence-corrected chi connectivity index (χ2v) is 8.35. The first-order valence-corrected chi connectivity index (χ1v) is 11.6. The van der Waals surface area contributed by atoms with Gasteiger partial charge in [-0.05, 0) is 38.2 Å². The molecule has 3 aromatic rings. The van der Waals surface area contributed by atoms with Crippen LogP contribution in [0.25, 0.3) is 10.2 Å². The lowest BCUT2D eigenvalue weighted by molar-refractivity contribution is -0.384. The topological polar surface area (TPSA) is 88.8 Å². The van der Waals surface area contributed by atoms with E-state index in [4.69, 9.17) is 21.3 Å². The average Bonchev–Trinajstić information content (AvgIpc) is 3.21. The van der Waals surface area contributed by atoms with E-state index in [2.05, 4.69) is 18.7 Å². The van der Waals surface area contributed by atoms with Gasteiger partial charge in [0.1, 0.15) is 11.3 Å². The molecule has 1 aromatic heterocycles. The third kappa shape index (κ3) is 6.11. The van der Waals surface area contributed by atoms with Gasteiger partial charge in [0, 0.05) is 25.2 Å². The third-order valence-corrected chi connectivity index (χ3v) is 6.45. The molecule has 0 radical (unpaired) electrons. The van der Waals surface area contributed by atoms with Gasteiger partial charge >= 0.3 is 0 Å². The molecule has 11 heteroatoms. The van der Waals surface area contributed by atoms with E-state index < -0.39 is 10.8 Å². The monoisotopic (exact) mass is 512 g/mol. The average molecular weight is 513 g/mol. The zero-order chi connectivity index (χ0) is 23.3. The number of hydrogen-bond acceptors (Lipinski definition) is 7. The van der Waals surface area contributed by atoms with E-state index in [1.165, 1.54) is 29.5 Å². The highest BCUT2D eigenvalue weighted by Gasteiger charge is 2.26. The van der Waals surface area contributed by atoms with Crippen LogP contribution in [0.15, 0.2) is 36.4 Å². The van der Waals surface area contributed by atoms with Gasteiger partial charge in [-0.1, -0.05) is 42.9 Å². The van der Waals surface area contributed by atoms with E-state index in [0.29, 0.717) is 36.1 Å². The molecule has 0 spiro atoms.